The highest BCUT2D eigenvalue weighted by molar-refractivity contribution is 14.1. The zero-order valence-corrected chi connectivity index (χ0v) is 65.9. The number of aromatic nitrogens is 4. The van der Waals surface area contributed by atoms with Crippen LogP contribution in [0.4, 0.5) is 14.4 Å². The van der Waals surface area contributed by atoms with Gasteiger partial charge in [-0.15, -0.1) is 12.4 Å². The number of carboxylic acid groups (broad SMARTS) is 1. The average molecular weight is 1670 g/mol. The van der Waals surface area contributed by atoms with Gasteiger partial charge in [-0.2, -0.15) is 10.2 Å². The molecule has 1 aliphatic rings. The van der Waals surface area contributed by atoms with Crippen molar-refractivity contribution in [2.75, 3.05) is 60.9 Å². The molecule has 99 heavy (non-hydrogen) atoms. The van der Waals surface area contributed by atoms with E-state index >= 15 is 0 Å². The van der Waals surface area contributed by atoms with E-state index in [0.717, 1.165) is 48.3 Å². The number of hydrogen-bond acceptors (Lipinski definition) is 15. The van der Waals surface area contributed by atoms with Crippen molar-refractivity contribution in [2.45, 2.75) is 141 Å². The number of alkyl halides is 1. The predicted octanol–water partition coefficient (Wildman–Crippen LogP) is 13.6. The molecule has 3 amide bonds. The molecule has 0 bridgehead atoms. The molecule has 7 rings (SSSR count). The van der Waals surface area contributed by atoms with Crippen molar-refractivity contribution in [2.24, 2.45) is 4.99 Å². The topological polar surface area (TPSA) is 261 Å². The van der Waals surface area contributed by atoms with E-state index in [-0.39, 0.29) is 49.6 Å². The molecule has 21 nitrogen and oxygen atoms in total. The van der Waals surface area contributed by atoms with E-state index in [1.807, 2.05) is 199 Å². The summed E-state index contributed by atoms with van der Waals surface area (Å²) in [6, 6.07) is 41.5. The maximum absolute atomic E-state index is 12.2. The maximum atomic E-state index is 12.2. The van der Waals surface area contributed by atoms with E-state index in [4.69, 9.17) is 19.3 Å². The lowest BCUT2D eigenvalue weighted by molar-refractivity contribution is -0.130. The number of aliphatic imine (C=N–C) groups is 1. The van der Waals surface area contributed by atoms with Crippen molar-refractivity contribution in [3.63, 3.8) is 0 Å². The number of benzene rings is 4. The van der Waals surface area contributed by atoms with E-state index in [1.165, 1.54) is 14.7 Å². The van der Waals surface area contributed by atoms with Crippen molar-refractivity contribution < 1.29 is 58.3 Å². The maximum Gasteiger partial charge on any atom is 0.410 e. The van der Waals surface area contributed by atoms with Gasteiger partial charge < -0.3 is 49.5 Å². The van der Waals surface area contributed by atoms with Crippen LogP contribution < -0.4 is 5.32 Å². The molecule has 538 valence electrons. The molecule has 2 aromatic heterocycles. The summed E-state index contributed by atoms with van der Waals surface area (Å²) in [5.74, 6) is 9.22. The van der Waals surface area contributed by atoms with Gasteiger partial charge in [0, 0.05) is 65.3 Å². The van der Waals surface area contributed by atoms with Crippen LogP contribution in [0.25, 0.3) is 0 Å². The van der Waals surface area contributed by atoms with Crippen LogP contribution in [0.15, 0.2) is 163 Å². The molecule has 0 radical (unpaired) electrons. The Morgan fingerprint density at radius 1 is 0.616 bits per heavy atom. The van der Waals surface area contributed by atoms with Gasteiger partial charge in [-0.1, -0.05) is 169 Å². The number of likely N-dealkylation sites (N-methyl/N-ethyl adjacent to an activating group) is 4. The third-order valence-electron chi connectivity index (χ3n) is 12.5. The quantitative estimate of drug-likeness (QED) is 0.0270. The highest BCUT2D eigenvalue weighted by atomic mass is 127. The summed E-state index contributed by atoms with van der Waals surface area (Å²) in [5.41, 5.74) is 2.81. The van der Waals surface area contributed by atoms with Gasteiger partial charge in [-0.25, -0.2) is 19.2 Å². The lowest BCUT2D eigenvalue weighted by atomic mass is 10.0. The highest BCUT2D eigenvalue weighted by Gasteiger charge is 2.30. The molecular weight excluding hydrogens is 1580 g/mol. The second kappa shape index (κ2) is 46.8. The summed E-state index contributed by atoms with van der Waals surface area (Å²) >= 11 is 7.69. The van der Waals surface area contributed by atoms with Gasteiger partial charge in [0.1, 0.15) is 38.3 Å². The number of allylic oxidation sites excluding steroid dienone is 1. The minimum absolute atomic E-state index is 0. The molecule has 0 saturated heterocycles. The Hall–Kier alpha value is -7.44. The van der Waals surface area contributed by atoms with Gasteiger partial charge in [-0.05, 0) is 161 Å². The fraction of sp³-hybridized carbons (Fsp3) is 0.419. The van der Waals surface area contributed by atoms with Crippen LogP contribution in [0, 0.1) is 27.4 Å². The molecule has 0 fully saturated rings. The van der Waals surface area contributed by atoms with E-state index in [1.54, 1.807) is 79.0 Å². The van der Waals surface area contributed by atoms with Crippen LogP contribution in [-0.4, -0.2) is 179 Å². The van der Waals surface area contributed by atoms with Crippen LogP contribution in [-0.2, 0) is 35.0 Å². The fourth-order valence-electron chi connectivity index (χ4n) is 8.31. The number of hydrogen-bond donors (Lipinski definition) is 4. The number of ketones is 2. The van der Waals surface area contributed by atoms with Crippen molar-refractivity contribution in [3.05, 3.63) is 190 Å². The van der Waals surface area contributed by atoms with E-state index in [2.05, 4.69) is 99.4 Å². The first-order valence-electron chi connectivity index (χ1n) is 31.6. The number of aliphatic carboxylic acids is 1. The Kier molecular flexibility index (Phi) is 42.4. The van der Waals surface area contributed by atoms with Crippen LogP contribution in [0.3, 0.4) is 0 Å². The molecule has 5 atom stereocenters. The standard InChI is InChI=1S/C18H24IN3O3.C17H21N3O.C15H20BrNO3.C15H21NO3.C5H6O2.C4H4IN.ClH/c1-18(2,3)25-17(24)21(4)12-14(23)16(13-8-6-5-7-9-13)22-11-10-15(19)20-22;1-3-4-10-15-11-12-20(19-15)17(16(21)13-18-2)14-8-6-5-7-9-14;1-15(2,3)20-14(19)17(4)10-12(18)13(16)11-8-6-5-7-9-11;1-15(2,3)19-14(18)16(4)11-13(17)10-12-8-6-5-7-9-12;1-2-3-4-5(6)7;5-4-2-1-3-6-4;/h5-11,14,16,23H,12H2,1-4H3;5-9,11-12,16-18,21H,3,13H2,1-2H3;5-9,13H,10H2,1-4H3;5-9H,10-11H2,1-4H3;2H2,1H3,(H,6,7);1-2H,3H2;1H. The summed E-state index contributed by atoms with van der Waals surface area (Å²) < 4.78 is 21.2. The number of carbonyl (C=O) groups is 6. The van der Waals surface area contributed by atoms with Gasteiger partial charge in [0.2, 0.25) is 0 Å². The number of ether oxygens (including phenoxy) is 3. The number of nitrogens with one attached hydrogen (secondary N) is 1. The minimum atomic E-state index is -1.05. The zero-order valence-electron chi connectivity index (χ0n) is 59.2. The Morgan fingerprint density at radius 2 is 1.05 bits per heavy atom. The summed E-state index contributed by atoms with van der Waals surface area (Å²) in [5, 5.41) is 41.1. The summed E-state index contributed by atoms with van der Waals surface area (Å²) in [6.45, 7) is 21.6. The molecule has 0 spiro atoms. The smallest absolute Gasteiger partial charge is 0.410 e. The Morgan fingerprint density at radius 3 is 1.44 bits per heavy atom. The van der Waals surface area contributed by atoms with Crippen LogP contribution in [0.5, 0.6) is 0 Å². The number of Topliss-reactive ketones (excluding diaryl/α,β-unsaturated/α-hetero) is 2. The van der Waals surface area contributed by atoms with Crippen LogP contribution in [0.1, 0.15) is 134 Å². The first-order valence-corrected chi connectivity index (χ1v) is 34.7. The molecule has 6 aromatic rings. The molecule has 0 aliphatic carbocycles. The number of rotatable bonds is 18. The molecule has 3 heterocycles. The van der Waals surface area contributed by atoms with Crippen molar-refractivity contribution in [1.82, 2.24) is 39.6 Å². The zero-order chi connectivity index (χ0) is 73.6. The monoisotopic (exact) mass is 1670 g/mol. The normalized spacial score (nSPS) is 12.6. The molecule has 5 unspecified atom stereocenters. The third kappa shape index (κ3) is 38.6. The van der Waals surface area contributed by atoms with Crippen LogP contribution in [0.2, 0.25) is 0 Å². The summed E-state index contributed by atoms with van der Waals surface area (Å²) in [4.78, 5) is 76.8. The Bertz CT molecular complexity index is 3570. The number of nitrogens with zero attached hydrogens (tertiary/aromatic N) is 8. The van der Waals surface area contributed by atoms with E-state index in [0.29, 0.717) is 19.4 Å². The number of aliphatic hydroxyl groups excluding tert-OH is 2. The first-order chi connectivity index (χ1) is 46.1. The summed E-state index contributed by atoms with van der Waals surface area (Å²) in [6.07, 6.45) is 6.65. The molecule has 0 saturated carbocycles. The molecule has 25 heteroatoms. The van der Waals surface area contributed by atoms with Gasteiger partial charge in [0.05, 0.1) is 46.9 Å². The molecular formula is C74H97BrClI2N9O12. The molecule has 1 aliphatic heterocycles. The summed E-state index contributed by atoms with van der Waals surface area (Å²) in [7, 11) is 6.56. The Balaban J connectivity index is 0.000000621. The third-order valence-corrected chi connectivity index (χ3v) is 14.9. The SMILES string of the molecule is CCC#CC(=O)O.CCC#Cc1ccn(C(c2ccccc2)C(O)CNC)n1.CN(CC(=O)C(Br)c1ccccc1)C(=O)OC(C)(C)C.CN(CC(=O)Cc1ccccc1)C(=O)OC(C)(C)C.CN(CC(O)C(c1ccccc1)n1ccc(I)n1)C(=O)OC(C)(C)C.Cl.IC1=NCC=C1. The average Bonchev–Trinajstić information content (AvgIpc) is 1.78. The van der Waals surface area contributed by atoms with Gasteiger partial charge in [-0.3, -0.25) is 23.9 Å². The number of aliphatic hydroxyl groups is 2. The van der Waals surface area contributed by atoms with Crippen molar-refractivity contribution in [3.8, 4) is 23.7 Å². The van der Waals surface area contributed by atoms with E-state index in [9.17, 15) is 39.0 Å². The lowest BCUT2D eigenvalue weighted by Crippen LogP contribution is -2.41. The molecule has 4 N–H and O–H groups in total. The highest BCUT2D eigenvalue weighted by Crippen LogP contribution is 2.26. The predicted molar refractivity (Wildman–Crippen MR) is 413 cm³/mol. The second-order valence-corrected chi connectivity index (χ2v) is 28.0. The number of amides is 3. The van der Waals surface area contributed by atoms with E-state index < -0.39 is 64.1 Å². The molecule has 4 aromatic carbocycles. The van der Waals surface area contributed by atoms with Gasteiger partial charge >= 0.3 is 24.2 Å². The lowest BCUT2D eigenvalue weighted by Gasteiger charge is -2.29. The number of carbonyl (C=O) groups excluding carboxylic acids is 5. The first kappa shape index (κ1) is 89.6. The minimum Gasteiger partial charge on any atom is -0.472 e. The second-order valence-electron chi connectivity index (χ2n) is 24.9. The van der Waals surface area contributed by atoms with Gasteiger partial charge in [0.15, 0.2) is 11.6 Å². The van der Waals surface area contributed by atoms with Crippen LogP contribution >= 0.6 is 73.5 Å². The largest absolute Gasteiger partial charge is 0.472 e. The van der Waals surface area contributed by atoms with Gasteiger partial charge in [0.25, 0.3) is 0 Å². The number of carboxylic acids is 1. The Labute approximate surface area is 626 Å². The van der Waals surface area contributed by atoms with Crippen molar-refractivity contribution >= 4 is 113 Å². The fourth-order valence-corrected chi connectivity index (χ4v) is 9.62. The number of halogens is 4. The van der Waals surface area contributed by atoms with Crippen molar-refractivity contribution in [1.29, 1.82) is 0 Å².